The Morgan fingerprint density at radius 2 is 2.06 bits per heavy atom. The summed E-state index contributed by atoms with van der Waals surface area (Å²) < 4.78 is 0. The van der Waals surface area contributed by atoms with Crippen LogP contribution in [0.2, 0.25) is 0 Å². The van der Waals surface area contributed by atoms with Gasteiger partial charge in [-0.3, -0.25) is 5.43 Å². The summed E-state index contributed by atoms with van der Waals surface area (Å²) in [7, 11) is 0. The highest BCUT2D eigenvalue weighted by Crippen LogP contribution is 2.23. The zero-order chi connectivity index (χ0) is 12.0. The van der Waals surface area contributed by atoms with Crippen molar-refractivity contribution in [2.24, 2.45) is 10.8 Å². The molecule has 16 heavy (non-hydrogen) atoms. The zero-order valence-corrected chi connectivity index (χ0v) is 10.7. The maximum atomic E-state index is 5.44. The Hall–Kier alpha value is -0.810. The van der Waals surface area contributed by atoms with E-state index >= 15 is 0 Å². The highest BCUT2D eigenvalue weighted by Gasteiger charge is 2.21. The van der Waals surface area contributed by atoms with E-state index in [2.05, 4.69) is 41.4 Å². The molecule has 0 radical (unpaired) electrons. The van der Waals surface area contributed by atoms with E-state index in [1.54, 1.807) is 0 Å². The van der Waals surface area contributed by atoms with E-state index < -0.39 is 0 Å². The second kappa shape index (κ2) is 6.70. The molecule has 0 aliphatic heterocycles. The van der Waals surface area contributed by atoms with Crippen molar-refractivity contribution in [2.45, 2.75) is 45.7 Å². The summed E-state index contributed by atoms with van der Waals surface area (Å²) >= 11 is 0. The average molecular weight is 227 g/mol. The molecule has 0 aromatic rings. The first kappa shape index (κ1) is 13.3. The Kier molecular flexibility index (Phi) is 5.55. The first-order chi connectivity index (χ1) is 7.69. The van der Waals surface area contributed by atoms with Gasteiger partial charge in [-0.25, -0.2) is 10.8 Å². The third kappa shape index (κ3) is 4.81. The zero-order valence-electron chi connectivity index (χ0n) is 10.7. The molecule has 1 fully saturated rings. The van der Waals surface area contributed by atoms with E-state index in [0.29, 0.717) is 12.1 Å². The van der Waals surface area contributed by atoms with Gasteiger partial charge in [0.25, 0.3) is 0 Å². The van der Waals surface area contributed by atoms with Gasteiger partial charge < -0.3 is 10.2 Å². The fraction of sp³-hybridized carbons (Fsp3) is 0.909. The molecule has 1 atom stereocenters. The minimum atomic E-state index is 0.355. The van der Waals surface area contributed by atoms with E-state index in [1.165, 1.54) is 12.8 Å². The van der Waals surface area contributed by atoms with Gasteiger partial charge >= 0.3 is 0 Å². The highest BCUT2D eigenvalue weighted by molar-refractivity contribution is 5.79. The van der Waals surface area contributed by atoms with E-state index in [9.17, 15) is 0 Å². The molecule has 1 rings (SSSR count). The van der Waals surface area contributed by atoms with E-state index in [4.69, 9.17) is 5.84 Å². The van der Waals surface area contributed by atoms with Crippen molar-refractivity contribution in [1.82, 2.24) is 15.6 Å². The molecule has 0 aromatic heterocycles. The minimum Gasteiger partial charge on any atom is -0.352 e. The van der Waals surface area contributed by atoms with Crippen LogP contribution < -0.4 is 16.6 Å². The van der Waals surface area contributed by atoms with Crippen LogP contribution in [0.5, 0.6) is 0 Å². The Bertz CT molecular complexity index is 220. The lowest BCUT2D eigenvalue weighted by atomic mass is 10.3. The van der Waals surface area contributed by atoms with Gasteiger partial charge in [-0.2, -0.15) is 0 Å². The topological polar surface area (TPSA) is 65.7 Å². The quantitative estimate of drug-likeness (QED) is 0.264. The molecule has 1 aliphatic carbocycles. The van der Waals surface area contributed by atoms with Crippen LogP contribution in [0, 0.1) is 0 Å². The molecule has 0 aromatic carbocycles. The number of nitrogens with two attached hydrogens (primary N) is 1. The van der Waals surface area contributed by atoms with Crippen molar-refractivity contribution < 1.29 is 0 Å². The molecule has 0 heterocycles. The number of guanidine groups is 1. The van der Waals surface area contributed by atoms with Crippen molar-refractivity contribution in [3.63, 3.8) is 0 Å². The molecule has 1 aliphatic rings. The van der Waals surface area contributed by atoms with E-state index in [0.717, 1.165) is 25.6 Å². The summed E-state index contributed by atoms with van der Waals surface area (Å²) in [5, 5.41) is 3.31. The lowest BCUT2D eigenvalue weighted by molar-refractivity contribution is 0.281. The van der Waals surface area contributed by atoms with Gasteiger partial charge in [-0.1, -0.05) is 13.8 Å². The predicted octanol–water partition coefficient (Wildman–Crippen LogP) is 0.288. The molecule has 0 bridgehead atoms. The number of hydrogen-bond acceptors (Lipinski definition) is 3. The first-order valence-electron chi connectivity index (χ1n) is 6.22. The Morgan fingerprint density at radius 3 is 2.50 bits per heavy atom. The Morgan fingerprint density at radius 1 is 1.44 bits per heavy atom. The summed E-state index contributed by atoms with van der Waals surface area (Å²) in [4.78, 5) is 6.83. The van der Waals surface area contributed by atoms with Crippen LogP contribution in [0.3, 0.4) is 0 Å². The van der Waals surface area contributed by atoms with Crippen LogP contribution in [0.4, 0.5) is 0 Å². The van der Waals surface area contributed by atoms with Crippen LogP contribution in [-0.2, 0) is 0 Å². The van der Waals surface area contributed by atoms with Crippen molar-refractivity contribution in [3.8, 4) is 0 Å². The van der Waals surface area contributed by atoms with Crippen LogP contribution >= 0.6 is 0 Å². The van der Waals surface area contributed by atoms with Gasteiger partial charge in [0, 0.05) is 12.6 Å². The lowest BCUT2D eigenvalue weighted by Gasteiger charge is -2.24. The molecule has 1 unspecified atom stereocenters. The summed E-state index contributed by atoms with van der Waals surface area (Å²) in [6.45, 7) is 9.67. The number of likely N-dealkylation sites (N-methyl/N-ethyl adjacent to an activating group) is 1. The van der Waals surface area contributed by atoms with Crippen LogP contribution in [0.1, 0.15) is 33.6 Å². The average Bonchev–Trinajstić information content (AvgIpc) is 3.08. The fourth-order valence-corrected chi connectivity index (χ4v) is 1.65. The van der Waals surface area contributed by atoms with Crippen molar-refractivity contribution >= 4 is 5.96 Å². The van der Waals surface area contributed by atoms with Gasteiger partial charge in [0.2, 0.25) is 5.96 Å². The lowest BCUT2D eigenvalue weighted by Crippen LogP contribution is -2.49. The molecule has 4 N–H and O–H groups in total. The van der Waals surface area contributed by atoms with Gasteiger partial charge in [0.1, 0.15) is 0 Å². The van der Waals surface area contributed by atoms with Crippen LogP contribution in [-0.4, -0.2) is 42.6 Å². The van der Waals surface area contributed by atoms with Gasteiger partial charge in [0.05, 0.1) is 6.04 Å². The fourth-order valence-electron chi connectivity index (χ4n) is 1.65. The maximum absolute atomic E-state index is 5.44. The highest BCUT2D eigenvalue weighted by atomic mass is 15.3. The smallest absolute Gasteiger partial charge is 0.206 e. The summed E-state index contributed by atoms with van der Waals surface area (Å²) in [6.07, 6.45) is 2.38. The standard InChI is InChI=1S/C11H25N5/c1-4-16(5-2)8-9(3)13-11(15-12)14-10-6-7-10/h9-10H,4-8,12H2,1-3H3,(H2,13,14,15). The summed E-state index contributed by atoms with van der Waals surface area (Å²) in [5.41, 5.74) is 2.63. The van der Waals surface area contributed by atoms with Gasteiger partial charge in [-0.05, 0) is 32.9 Å². The maximum Gasteiger partial charge on any atom is 0.206 e. The number of nitrogens with zero attached hydrogens (tertiary/aromatic N) is 2. The summed E-state index contributed by atoms with van der Waals surface area (Å²) in [5.74, 6) is 6.16. The number of hydrogen-bond donors (Lipinski definition) is 3. The summed E-state index contributed by atoms with van der Waals surface area (Å²) in [6, 6.07) is 0.840. The largest absolute Gasteiger partial charge is 0.352 e. The van der Waals surface area contributed by atoms with Crippen molar-refractivity contribution in [3.05, 3.63) is 0 Å². The van der Waals surface area contributed by atoms with Gasteiger partial charge in [-0.15, -0.1) is 0 Å². The van der Waals surface area contributed by atoms with Crippen LogP contribution in [0.25, 0.3) is 0 Å². The molecule has 0 saturated heterocycles. The molecule has 5 heteroatoms. The molecule has 0 amide bonds. The molecular formula is C11H25N5. The normalized spacial score (nSPS) is 18.7. The van der Waals surface area contributed by atoms with Gasteiger partial charge in [0.15, 0.2) is 0 Å². The third-order valence-corrected chi connectivity index (χ3v) is 2.80. The molecule has 1 saturated carbocycles. The monoisotopic (exact) mass is 227 g/mol. The number of rotatable bonds is 6. The van der Waals surface area contributed by atoms with Crippen LogP contribution in [0.15, 0.2) is 4.99 Å². The molecule has 0 spiro atoms. The number of nitrogens with one attached hydrogen (secondary N) is 2. The minimum absolute atomic E-state index is 0.355. The Labute approximate surface area is 98.4 Å². The first-order valence-corrected chi connectivity index (χ1v) is 6.22. The second-order valence-electron chi connectivity index (χ2n) is 4.38. The Balaban J connectivity index is 2.32. The number of aliphatic imine (C=N–C) groups is 1. The molecular weight excluding hydrogens is 202 g/mol. The molecule has 5 nitrogen and oxygen atoms in total. The predicted molar refractivity (Wildman–Crippen MR) is 68.2 cm³/mol. The van der Waals surface area contributed by atoms with Crippen molar-refractivity contribution in [2.75, 3.05) is 19.6 Å². The molecule has 94 valence electrons. The third-order valence-electron chi connectivity index (χ3n) is 2.80. The number of hydrazine groups is 1. The SMILES string of the molecule is CCN(CC)CC(C)NC(=NC1CC1)NN. The van der Waals surface area contributed by atoms with E-state index in [1.807, 2.05) is 0 Å². The second-order valence-corrected chi connectivity index (χ2v) is 4.38. The van der Waals surface area contributed by atoms with E-state index in [-0.39, 0.29) is 0 Å². The van der Waals surface area contributed by atoms with Crippen molar-refractivity contribution in [1.29, 1.82) is 0 Å².